The highest BCUT2D eigenvalue weighted by Gasteiger charge is 2.32. The van der Waals surface area contributed by atoms with Gasteiger partial charge in [0.1, 0.15) is 0 Å². The van der Waals surface area contributed by atoms with Gasteiger partial charge in [0, 0.05) is 30.2 Å². The molecular weight excluding hydrogens is 286 g/mol. The Morgan fingerprint density at radius 2 is 1.79 bits per heavy atom. The van der Waals surface area contributed by atoms with Gasteiger partial charge in [-0.05, 0) is 12.1 Å². The molecule has 0 aliphatic carbocycles. The van der Waals surface area contributed by atoms with Gasteiger partial charge in [-0.15, -0.1) is 0 Å². The van der Waals surface area contributed by atoms with Crippen LogP contribution in [0.2, 0.25) is 0 Å². The lowest BCUT2D eigenvalue weighted by atomic mass is 10.2. The molecule has 0 unspecified atom stereocenters. The second-order valence-corrected chi connectivity index (χ2v) is 7.02. The molecule has 104 valence electrons. The number of nitrogens with two attached hydrogens (primary N) is 1. The fraction of sp³-hybridized carbons (Fsp3) is 0.364. The number of benzene rings is 1. The number of hydrogen-bond donors (Lipinski definition) is 1. The van der Waals surface area contributed by atoms with Crippen molar-refractivity contribution in [2.45, 2.75) is 0 Å². The van der Waals surface area contributed by atoms with Gasteiger partial charge in [0.05, 0.1) is 0 Å². The zero-order chi connectivity index (χ0) is 13.9. The van der Waals surface area contributed by atoms with Crippen LogP contribution in [0.15, 0.2) is 30.3 Å². The van der Waals surface area contributed by atoms with E-state index in [4.69, 9.17) is 5.84 Å². The first-order valence-corrected chi connectivity index (χ1v) is 8.31. The summed E-state index contributed by atoms with van der Waals surface area (Å²) >= 11 is 1.68. The zero-order valence-corrected chi connectivity index (χ0v) is 11.9. The fourth-order valence-electron chi connectivity index (χ4n) is 1.71. The van der Waals surface area contributed by atoms with E-state index in [2.05, 4.69) is 0 Å². The largest absolute Gasteiger partial charge is 0.320 e. The summed E-state index contributed by atoms with van der Waals surface area (Å²) in [5.41, 5.74) is 0.250. The van der Waals surface area contributed by atoms with Crippen LogP contribution in [-0.4, -0.2) is 47.6 Å². The van der Waals surface area contributed by atoms with Crippen LogP contribution >= 0.6 is 11.8 Å². The molecular formula is C11H15N3O3S2. The van der Waals surface area contributed by atoms with E-state index < -0.39 is 16.1 Å². The lowest BCUT2D eigenvalue weighted by Gasteiger charge is -2.29. The Balaban J connectivity index is 2.18. The van der Waals surface area contributed by atoms with Gasteiger partial charge in [0.25, 0.3) is 5.91 Å². The SMILES string of the molecule is NN(C(=O)c1ccccc1)S(=O)(=O)N1CCSCC1. The normalized spacial score (nSPS) is 17.1. The number of hydrogen-bond acceptors (Lipinski definition) is 5. The topological polar surface area (TPSA) is 83.7 Å². The standard InChI is InChI=1S/C11H15N3O3S2/c12-14(11(15)10-4-2-1-3-5-10)19(16,17)13-6-8-18-9-7-13/h1-5H,6-9,12H2. The zero-order valence-electron chi connectivity index (χ0n) is 10.2. The number of hydrazine groups is 1. The van der Waals surface area contributed by atoms with Crippen molar-refractivity contribution >= 4 is 27.9 Å². The molecule has 8 heteroatoms. The van der Waals surface area contributed by atoms with Gasteiger partial charge in [-0.1, -0.05) is 18.2 Å². The first kappa shape index (κ1) is 14.3. The average Bonchev–Trinajstić information content (AvgIpc) is 2.47. The number of rotatable bonds is 3. The van der Waals surface area contributed by atoms with Crippen molar-refractivity contribution < 1.29 is 13.2 Å². The smallest absolute Gasteiger partial charge is 0.266 e. The predicted molar refractivity (Wildman–Crippen MR) is 74.6 cm³/mol. The monoisotopic (exact) mass is 301 g/mol. The molecule has 1 fully saturated rings. The third kappa shape index (κ3) is 3.08. The minimum absolute atomic E-state index is 0.250. The highest BCUT2D eigenvalue weighted by atomic mass is 32.2. The molecule has 1 saturated heterocycles. The molecule has 0 radical (unpaired) electrons. The van der Waals surface area contributed by atoms with E-state index in [1.54, 1.807) is 30.0 Å². The molecule has 2 N–H and O–H groups in total. The van der Waals surface area contributed by atoms with Crippen molar-refractivity contribution in [2.75, 3.05) is 24.6 Å². The summed E-state index contributed by atoms with van der Waals surface area (Å²) in [6.45, 7) is 0.755. The molecule has 2 rings (SSSR count). The molecule has 0 bridgehead atoms. The third-order valence-electron chi connectivity index (χ3n) is 2.77. The quantitative estimate of drug-likeness (QED) is 0.493. The summed E-state index contributed by atoms with van der Waals surface area (Å²) < 4.78 is 26.0. The Morgan fingerprint density at radius 1 is 1.21 bits per heavy atom. The fourth-order valence-corrected chi connectivity index (χ4v) is 4.06. The molecule has 1 aromatic carbocycles. The predicted octanol–water partition coefficient (Wildman–Crippen LogP) is 0.296. The van der Waals surface area contributed by atoms with Crippen LogP contribution in [0.3, 0.4) is 0 Å². The molecule has 1 aliphatic rings. The summed E-state index contributed by atoms with van der Waals surface area (Å²) in [4.78, 5) is 12.0. The van der Waals surface area contributed by atoms with E-state index >= 15 is 0 Å². The van der Waals surface area contributed by atoms with Gasteiger partial charge in [-0.3, -0.25) is 4.79 Å². The van der Waals surface area contributed by atoms with Gasteiger partial charge < -0.3 is 0 Å². The summed E-state index contributed by atoms with van der Waals surface area (Å²) in [5.74, 6) is 6.21. The Kier molecular flexibility index (Phi) is 4.46. The van der Waals surface area contributed by atoms with E-state index in [9.17, 15) is 13.2 Å². The maximum atomic E-state index is 12.2. The lowest BCUT2D eigenvalue weighted by molar-refractivity contribution is 0.0854. The molecule has 0 atom stereocenters. The van der Waals surface area contributed by atoms with E-state index in [1.165, 1.54) is 16.4 Å². The first-order chi connectivity index (χ1) is 9.03. The minimum atomic E-state index is -3.93. The van der Waals surface area contributed by atoms with Crippen molar-refractivity contribution in [3.8, 4) is 0 Å². The van der Waals surface area contributed by atoms with Crippen molar-refractivity contribution in [3.05, 3.63) is 35.9 Å². The Morgan fingerprint density at radius 3 is 2.37 bits per heavy atom. The van der Waals surface area contributed by atoms with Crippen molar-refractivity contribution in [1.82, 2.24) is 8.72 Å². The second kappa shape index (κ2) is 5.91. The van der Waals surface area contributed by atoms with Crippen molar-refractivity contribution in [1.29, 1.82) is 0 Å². The maximum absolute atomic E-state index is 12.2. The second-order valence-electron chi connectivity index (χ2n) is 3.99. The molecule has 1 aromatic rings. The third-order valence-corrected chi connectivity index (χ3v) is 5.39. The molecule has 1 amide bonds. The highest BCUT2D eigenvalue weighted by molar-refractivity contribution is 7.99. The Hall–Kier alpha value is -1.09. The average molecular weight is 301 g/mol. The van der Waals surface area contributed by atoms with Gasteiger partial charge in [-0.25, -0.2) is 5.84 Å². The molecule has 6 nitrogen and oxygen atoms in total. The van der Waals surface area contributed by atoms with E-state index in [0.29, 0.717) is 29.0 Å². The molecule has 0 saturated carbocycles. The summed E-state index contributed by atoms with van der Waals surface area (Å²) in [6, 6.07) is 8.12. The van der Waals surface area contributed by atoms with Crippen molar-refractivity contribution in [2.24, 2.45) is 5.84 Å². The lowest BCUT2D eigenvalue weighted by Crippen LogP contribution is -2.52. The Labute approximate surface area is 116 Å². The van der Waals surface area contributed by atoms with Gasteiger partial charge in [-0.2, -0.15) is 28.9 Å². The van der Waals surface area contributed by atoms with E-state index in [1.807, 2.05) is 0 Å². The molecule has 0 spiro atoms. The van der Waals surface area contributed by atoms with Crippen LogP contribution < -0.4 is 5.84 Å². The highest BCUT2D eigenvalue weighted by Crippen LogP contribution is 2.16. The summed E-state index contributed by atoms with van der Waals surface area (Å²) in [6.07, 6.45) is 0. The van der Waals surface area contributed by atoms with Crippen LogP contribution in [0.5, 0.6) is 0 Å². The molecule has 0 aromatic heterocycles. The van der Waals surface area contributed by atoms with Crippen LogP contribution in [0.1, 0.15) is 10.4 Å². The minimum Gasteiger partial charge on any atom is -0.266 e. The van der Waals surface area contributed by atoms with E-state index in [-0.39, 0.29) is 5.56 Å². The molecule has 1 aliphatic heterocycles. The van der Waals surface area contributed by atoms with Crippen LogP contribution in [-0.2, 0) is 10.2 Å². The Bertz CT molecular complexity index is 542. The summed E-state index contributed by atoms with van der Waals surface area (Å²) in [5, 5.41) is 0. The van der Waals surface area contributed by atoms with Crippen LogP contribution in [0, 0.1) is 0 Å². The number of carbonyl (C=O) groups is 1. The number of thioether (sulfide) groups is 1. The number of nitrogens with zero attached hydrogens (tertiary/aromatic N) is 2. The van der Waals surface area contributed by atoms with E-state index in [0.717, 1.165) is 0 Å². The molecule has 1 heterocycles. The first-order valence-electron chi connectivity index (χ1n) is 5.75. The molecule has 19 heavy (non-hydrogen) atoms. The van der Waals surface area contributed by atoms with Crippen molar-refractivity contribution in [3.63, 3.8) is 0 Å². The number of carbonyl (C=O) groups excluding carboxylic acids is 1. The maximum Gasteiger partial charge on any atom is 0.320 e. The van der Waals surface area contributed by atoms with Gasteiger partial charge in [0.2, 0.25) is 0 Å². The summed E-state index contributed by atoms with van der Waals surface area (Å²) in [7, 11) is -3.93. The van der Waals surface area contributed by atoms with Crippen LogP contribution in [0.25, 0.3) is 0 Å². The number of amides is 1. The van der Waals surface area contributed by atoms with Gasteiger partial charge >= 0.3 is 10.2 Å². The van der Waals surface area contributed by atoms with Gasteiger partial charge in [0.15, 0.2) is 0 Å². The van der Waals surface area contributed by atoms with Crippen LogP contribution in [0.4, 0.5) is 0 Å².